The minimum Gasteiger partial charge on any atom is -0.497 e. The highest BCUT2D eigenvalue weighted by Gasteiger charge is 2.42. The van der Waals surface area contributed by atoms with Crippen molar-refractivity contribution in [3.8, 4) is 11.5 Å². The molecule has 2 amide bonds. The van der Waals surface area contributed by atoms with Crippen molar-refractivity contribution in [1.29, 1.82) is 0 Å². The van der Waals surface area contributed by atoms with Crippen LogP contribution in [0.15, 0.2) is 42.5 Å². The summed E-state index contributed by atoms with van der Waals surface area (Å²) in [5, 5.41) is 3.49. The maximum absolute atomic E-state index is 13.1. The average molecular weight is 431 g/mol. The molecule has 1 saturated heterocycles. The van der Waals surface area contributed by atoms with Gasteiger partial charge in [-0.25, -0.2) is 0 Å². The van der Waals surface area contributed by atoms with Crippen molar-refractivity contribution in [2.45, 2.75) is 25.8 Å². The van der Waals surface area contributed by atoms with E-state index in [1.807, 2.05) is 32.0 Å². The Morgan fingerprint density at radius 3 is 2.50 bits per heavy atom. The number of hydrogen-bond donors (Lipinski definition) is 1. The van der Waals surface area contributed by atoms with Gasteiger partial charge in [0.25, 0.3) is 5.91 Å². The van der Waals surface area contributed by atoms with E-state index in [-0.39, 0.29) is 23.8 Å². The highest BCUT2D eigenvalue weighted by molar-refractivity contribution is 6.30. The van der Waals surface area contributed by atoms with E-state index >= 15 is 0 Å². The summed E-state index contributed by atoms with van der Waals surface area (Å²) < 4.78 is 10.9. The van der Waals surface area contributed by atoms with E-state index in [9.17, 15) is 9.59 Å². The Labute approximate surface area is 182 Å². The Kier molecular flexibility index (Phi) is 6.87. The molecule has 160 valence electrons. The molecule has 0 radical (unpaired) electrons. The zero-order valence-electron chi connectivity index (χ0n) is 17.6. The number of nitrogens with one attached hydrogen (secondary N) is 1. The van der Waals surface area contributed by atoms with Crippen molar-refractivity contribution in [3.05, 3.63) is 58.6 Å². The van der Waals surface area contributed by atoms with Gasteiger partial charge in [0.1, 0.15) is 11.5 Å². The van der Waals surface area contributed by atoms with Gasteiger partial charge in [0, 0.05) is 41.2 Å². The Hall–Kier alpha value is -2.73. The van der Waals surface area contributed by atoms with E-state index in [4.69, 9.17) is 21.1 Å². The molecule has 1 aliphatic rings. The topological polar surface area (TPSA) is 67.9 Å². The second kappa shape index (κ2) is 9.39. The second-order valence-electron chi connectivity index (χ2n) is 7.70. The van der Waals surface area contributed by atoms with Gasteiger partial charge < -0.3 is 19.7 Å². The molecule has 7 heteroatoms. The molecule has 2 atom stereocenters. The molecule has 3 rings (SSSR count). The molecule has 6 nitrogen and oxygen atoms in total. The first kappa shape index (κ1) is 22.0. The van der Waals surface area contributed by atoms with Crippen molar-refractivity contribution < 1.29 is 19.1 Å². The number of halogens is 1. The van der Waals surface area contributed by atoms with Gasteiger partial charge in [-0.15, -0.1) is 0 Å². The van der Waals surface area contributed by atoms with Crippen molar-refractivity contribution in [1.82, 2.24) is 10.2 Å². The Bertz CT molecular complexity index is 931. The smallest absolute Gasteiger partial charge is 0.253 e. The summed E-state index contributed by atoms with van der Waals surface area (Å²) in [5.41, 5.74) is 1.35. The van der Waals surface area contributed by atoms with Crippen LogP contribution in [-0.2, 0) is 4.79 Å². The lowest BCUT2D eigenvalue weighted by Gasteiger charge is -2.22. The predicted molar refractivity (Wildman–Crippen MR) is 116 cm³/mol. The van der Waals surface area contributed by atoms with Crippen LogP contribution in [0.25, 0.3) is 0 Å². The maximum atomic E-state index is 13.1. The van der Waals surface area contributed by atoms with Crippen LogP contribution >= 0.6 is 11.6 Å². The third kappa shape index (κ3) is 4.70. The monoisotopic (exact) mass is 430 g/mol. The number of carbonyl (C=O) groups is 2. The molecule has 0 bridgehead atoms. The van der Waals surface area contributed by atoms with Crippen molar-refractivity contribution in [2.24, 2.45) is 5.92 Å². The first-order valence-electron chi connectivity index (χ1n) is 9.91. The van der Waals surface area contributed by atoms with E-state index in [1.165, 1.54) is 0 Å². The minimum absolute atomic E-state index is 0.00281. The number of ether oxygens (including phenoxy) is 2. The summed E-state index contributed by atoms with van der Waals surface area (Å²) in [7, 11) is 3.19. The fourth-order valence-corrected chi connectivity index (χ4v) is 4.07. The summed E-state index contributed by atoms with van der Waals surface area (Å²) in [5.74, 6) is 0.479. The maximum Gasteiger partial charge on any atom is 0.253 e. The standard InChI is InChI=1S/C23H27ClN2O4/c1-14(2)25-22(27)20-13-26(23(28)15-6-5-7-16(24)10-15)12-19(20)18-11-17(29-3)8-9-21(18)30-4/h5-11,14,19-20H,12-13H2,1-4H3,(H,25,27). The first-order valence-corrected chi connectivity index (χ1v) is 10.3. The molecule has 0 saturated carbocycles. The Morgan fingerprint density at radius 2 is 1.87 bits per heavy atom. The van der Waals surface area contributed by atoms with Gasteiger partial charge in [-0.3, -0.25) is 9.59 Å². The van der Waals surface area contributed by atoms with Crippen LogP contribution < -0.4 is 14.8 Å². The predicted octanol–water partition coefficient (Wildman–Crippen LogP) is 3.74. The SMILES string of the molecule is COc1ccc(OC)c(C2CN(C(=O)c3cccc(Cl)c3)CC2C(=O)NC(C)C)c1. The first-order chi connectivity index (χ1) is 14.3. The molecule has 0 spiro atoms. The van der Waals surface area contributed by atoms with Gasteiger partial charge >= 0.3 is 0 Å². The third-order valence-electron chi connectivity index (χ3n) is 5.28. The number of hydrogen-bond acceptors (Lipinski definition) is 4. The lowest BCUT2D eigenvalue weighted by Crippen LogP contribution is -2.39. The van der Waals surface area contributed by atoms with Gasteiger partial charge in [0.05, 0.1) is 20.1 Å². The van der Waals surface area contributed by atoms with Crippen LogP contribution in [0.4, 0.5) is 0 Å². The molecule has 1 aliphatic heterocycles. The molecule has 2 aromatic carbocycles. The van der Waals surface area contributed by atoms with Crippen LogP contribution in [-0.4, -0.2) is 50.1 Å². The summed E-state index contributed by atoms with van der Waals surface area (Å²) in [6.07, 6.45) is 0. The fraction of sp³-hybridized carbons (Fsp3) is 0.391. The quantitative estimate of drug-likeness (QED) is 0.758. The molecule has 0 aromatic heterocycles. The number of rotatable bonds is 6. The lowest BCUT2D eigenvalue weighted by molar-refractivity contribution is -0.125. The van der Waals surface area contributed by atoms with E-state index in [0.717, 1.165) is 5.56 Å². The molecule has 1 heterocycles. The second-order valence-corrected chi connectivity index (χ2v) is 8.14. The summed E-state index contributed by atoms with van der Waals surface area (Å²) in [6, 6.07) is 12.4. The third-order valence-corrected chi connectivity index (χ3v) is 5.52. The molecular formula is C23H27ClN2O4. The Balaban J connectivity index is 1.97. The van der Waals surface area contributed by atoms with Gasteiger partial charge in [-0.05, 0) is 50.2 Å². The van der Waals surface area contributed by atoms with Crippen molar-refractivity contribution >= 4 is 23.4 Å². The number of benzene rings is 2. The number of carbonyl (C=O) groups excluding carboxylic acids is 2. The number of likely N-dealkylation sites (tertiary alicyclic amines) is 1. The number of nitrogens with zero attached hydrogens (tertiary/aromatic N) is 1. The molecular weight excluding hydrogens is 404 g/mol. The zero-order chi connectivity index (χ0) is 21.8. The van der Waals surface area contributed by atoms with Crippen LogP contribution in [0.2, 0.25) is 5.02 Å². The van der Waals surface area contributed by atoms with Crippen molar-refractivity contribution in [2.75, 3.05) is 27.3 Å². The van der Waals surface area contributed by atoms with Gasteiger partial charge in [-0.1, -0.05) is 17.7 Å². The molecule has 30 heavy (non-hydrogen) atoms. The summed E-state index contributed by atoms with van der Waals surface area (Å²) >= 11 is 6.06. The van der Waals surface area contributed by atoms with Crippen LogP contribution in [0.1, 0.15) is 35.7 Å². The average Bonchev–Trinajstić information content (AvgIpc) is 3.17. The molecule has 1 fully saturated rings. The van der Waals surface area contributed by atoms with E-state index in [2.05, 4.69) is 5.32 Å². The van der Waals surface area contributed by atoms with Crippen molar-refractivity contribution in [3.63, 3.8) is 0 Å². The number of methoxy groups -OCH3 is 2. The van der Waals surface area contributed by atoms with E-state index in [0.29, 0.717) is 35.2 Å². The molecule has 2 aromatic rings. The lowest BCUT2D eigenvalue weighted by atomic mass is 9.87. The summed E-state index contributed by atoms with van der Waals surface area (Å²) in [6.45, 7) is 4.55. The number of amides is 2. The largest absolute Gasteiger partial charge is 0.497 e. The molecule has 1 N–H and O–H groups in total. The van der Waals surface area contributed by atoms with Gasteiger partial charge in [0.2, 0.25) is 5.91 Å². The van der Waals surface area contributed by atoms with Crippen LogP contribution in [0.5, 0.6) is 11.5 Å². The van der Waals surface area contributed by atoms with Crippen LogP contribution in [0.3, 0.4) is 0 Å². The zero-order valence-corrected chi connectivity index (χ0v) is 18.4. The fourth-order valence-electron chi connectivity index (χ4n) is 3.88. The summed E-state index contributed by atoms with van der Waals surface area (Å²) in [4.78, 5) is 27.8. The highest BCUT2D eigenvalue weighted by Crippen LogP contribution is 2.40. The highest BCUT2D eigenvalue weighted by atomic mass is 35.5. The minimum atomic E-state index is -0.406. The van der Waals surface area contributed by atoms with Crippen LogP contribution in [0, 0.1) is 5.92 Å². The normalized spacial score (nSPS) is 18.4. The van der Waals surface area contributed by atoms with E-state index in [1.54, 1.807) is 43.4 Å². The van der Waals surface area contributed by atoms with E-state index < -0.39 is 5.92 Å². The van der Waals surface area contributed by atoms with Gasteiger partial charge in [-0.2, -0.15) is 0 Å². The molecule has 2 unspecified atom stereocenters. The van der Waals surface area contributed by atoms with Gasteiger partial charge in [0.15, 0.2) is 0 Å². The Morgan fingerprint density at radius 1 is 1.10 bits per heavy atom. The molecule has 0 aliphatic carbocycles.